The summed E-state index contributed by atoms with van der Waals surface area (Å²) in [5.41, 5.74) is 11.0. The smallest absolute Gasteiger partial charge is 0.325 e. The van der Waals surface area contributed by atoms with E-state index in [4.69, 9.17) is 11.6 Å². The number of piperazine rings is 2. The molecule has 6 saturated heterocycles. The largest absolute Gasteiger partial charge is 0.346 e. The molecule has 6 aromatic heterocycles. The molecule has 2 amide bonds. The number of nitrogens with one attached hydrogen (secondary N) is 7. The molecule has 0 saturated carbocycles. The summed E-state index contributed by atoms with van der Waals surface area (Å²) in [7, 11) is 0. The van der Waals surface area contributed by atoms with Crippen LogP contribution in [0.25, 0.3) is 42.9 Å². The number of aromatic nitrogens is 6. The van der Waals surface area contributed by atoms with Crippen molar-refractivity contribution in [3.63, 3.8) is 0 Å². The highest BCUT2D eigenvalue weighted by atomic mass is 35.5. The van der Waals surface area contributed by atoms with Crippen molar-refractivity contribution in [1.82, 2.24) is 59.7 Å². The predicted molar refractivity (Wildman–Crippen MR) is 367 cm³/mol. The molecule has 484 valence electrons. The second kappa shape index (κ2) is 26.8. The van der Waals surface area contributed by atoms with Crippen molar-refractivity contribution in [1.29, 1.82) is 0 Å². The van der Waals surface area contributed by atoms with Crippen molar-refractivity contribution in [3.05, 3.63) is 157 Å². The van der Waals surface area contributed by atoms with E-state index in [1.165, 1.54) is 114 Å². The van der Waals surface area contributed by atoms with Crippen LogP contribution in [-0.2, 0) is 45.7 Å². The number of halogens is 1. The Morgan fingerprint density at radius 2 is 0.857 bits per heavy atom. The van der Waals surface area contributed by atoms with Crippen LogP contribution in [0.5, 0.6) is 0 Å². The van der Waals surface area contributed by atoms with Gasteiger partial charge in [-0.1, -0.05) is 34.4 Å². The first-order valence-corrected chi connectivity index (χ1v) is 35.0. The van der Waals surface area contributed by atoms with Crippen molar-refractivity contribution >= 4 is 66.5 Å². The molecule has 0 spiro atoms. The predicted octanol–water partition coefficient (Wildman–Crippen LogP) is 9.88. The summed E-state index contributed by atoms with van der Waals surface area (Å²) in [5, 5.41) is 6.02. The number of rotatable bonds is 15. The lowest BCUT2D eigenvalue weighted by Gasteiger charge is -2.34. The molecule has 0 atom stereocenters. The van der Waals surface area contributed by atoms with Gasteiger partial charge in [0.05, 0.1) is 28.1 Å². The SMILES string of the molecule is Cc1cc(C)cc(-c2[nH]c3sc(C(C)(C)C(=O)N4C5CCC4CC5)cc3c2CCN2CCN(Cc3cc(=O)[nH]c(=O)[nH]3)CC2)c1.Cc1cc(C)cc(-c2[nH]c3sc(C(C)(C)C(=O)N4C5CCC4CC5)cc3c2CCN2CCNCC2)c1.O=c1cc(CCl)[nH]c(=O)[nH]1. The van der Waals surface area contributed by atoms with E-state index in [1.54, 1.807) is 22.7 Å². The van der Waals surface area contributed by atoms with Crippen molar-refractivity contribution in [2.24, 2.45) is 0 Å². The maximum atomic E-state index is 14.0. The number of amides is 2. The highest BCUT2D eigenvalue weighted by molar-refractivity contribution is 7.19. The van der Waals surface area contributed by atoms with E-state index in [2.05, 4.69) is 159 Å². The van der Waals surface area contributed by atoms with Gasteiger partial charge in [0.1, 0.15) is 9.66 Å². The molecule has 91 heavy (non-hydrogen) atoms. The van der Waals surface area contributed by atoms with Gasteiger partial charge in [0.25, 0.3) is 11.1 Å². The first-order valence-electron chi connectivity index (χ1n) is 32.8. The Labute approximate surface area is 544 Å². The van der Waals surface area contributed by atoms with Crippen LogP contribution in [-0.4, -0.2) is 156 Å². The van der Waals surface area contributed by atoms with Crippen LogP contribution in [0.4, 0.5) is 0 Å². The van der Waals surface area contributed by atoms with Crippen LogP contribution in [0.1, 0.15) is 134 Å². The number of aromatic amines is 6. The van der Waals surface area contributed by atoms with Crippen LogP contribution in [0.15, 0.2) is 79.8 Å². The molecule has 14 rings (SSSR count). The van der Waals surface area contributed by atoms with E-state index in [0.29, 0.717) is 48.0 Å². The summed E-state index contributed by atoms with van der Waals surface area (Å²) in [5.74, 6) is 0.752. The van der Waals surface area contributed by atoms with Crippen LogP contribution in [0.3, 0.4) is 0 Å². The summed E-state index contributed by atoms with van der Waals surface area (Å²) in [4.78, 5) is 106. The number of alkyl halides is 1. The Morgan fingerprint density at radius 1 is 0.484 bits per heavy atom. The molecule has 2 aromatic carbocycles. The summed E-state index contributed by atoms with van der Waals surface area (Å²) < 4.78 is 0. The van der Waals surface area contributed by atoms with E-state index >= 15 is 0 Å². The van der Waals surface area contributed by atoms with Gasteiger partial charge in [-0.05, 0) is 178 Å². The number of aryl methyl sites for hydroxylation is 4. The van der Waals surface area contributed by atoms with Crippen LogP contribution < -0.4 is 27.8 Å². The molecule has 6 aliphatic rings. The molecule has 12 heterocycles. The Hall–Kier alpha value is -6.65. The first-order chi connectivity index (χ1) is 43.6. The first kappa shape index (κ1) is 64.5. The molecule has 7 N–H and O–H groups in total. The topological polar surface area (TPSA) is 225 Å². The van der Waals surface area contributed by atoms with Crippen LogP contribution in [0, 0.1) is 27.7 Å². The van der Waals surface area contributed by atoms with Crippen molar-refractivity contribution in [2.75, 3.05) is 65.4 Å². The molecule has 0 aliphatic carbocycles. The average Bonchev–Trinajstić information content (AvgIpc) is 1.61. The summed E-state index contributed by atoms with van der Waals surface area (Å²) in [6, 6.07) is 22.7. The Morgan fingerprint density at radius 3 is 1.25 bits per heavy atom. The van der Waals surface area contributed by atoms with Gasteiger partial charge >= 0.3 is 11.4 Å². The number of hydrogen-bond acceptors (Lipinski definition) is 12. The van der Waals surface area contributed by atoms with Gasteiger partial charge in [0.15, 0.2) is 0 Å². The highest BCUT2D eigenvalue weighted by Gasteiger charge is 2.49. The molecule has 21 heteroatoms. The van der Waals surface area contributed by atoms with Gasteiger partial charge in [0, 0.05) is 140 Å². The number of benzene rings is 2. The minimum atomic E-state index is -0.558. The average molecular weight is 1290 g/mol. The maximum absolute atomic E-state index is 14.0. The Bertz CT molecular complexity index is 4090. The van der Waals surface area contributed by atoms with E-state index < -0.39 is 27.8 Å². The zero-order valence-electron chi connectivity index (χ0n) is 54.0. The summed E-state index contributed by atoms with van der Waals surface area (Å²) in [6.45, 7) is 27.7. The zero-order chi connectivity index (χ0) is 64.0. The van der Waals surface area contributed by atoms with Gasteiger partial charge in [-0.15, -0.1) is 34.3 Å². The lowest BCUT2D eigenvalue weighted by molar-refractivity contribution is -0.138. The summed E-state index contributed by atoms with van der Waals surface area (Å²) in [6.07, 6.45) is 11.3. The lowest BCUT2D eigenvalue weighted by Crippen LogP contribution is -2.46. The molecule has 0 radical (unpaired) electrons. The molecular weight excluding hydrogens is 1200 g/mol. The van der Waals surface area contributed by atoms with E-state index in [-0.39, 0.29) is 17.3 Å². The third kappa shape index (κ3) is 13.9. The van der Waals surface area contributed by atoms with E-state index in [9.17, 15) is 28.8 Å². The number of H-pyrrole nitrogens is 6. The molecular formula is C70H89ClN12O6S2. The molecule has 6 aliphatic heterocycles. The number of thiophene rings is 2. The van der Waals surface area contributed by atoms with Crippen molar-refractivity contribution < 1.29 is 9.59 Å². The van der Waals surface area contributed by atoms with E-state index in [1.807, 2.05) is 4.98 Å². The Balaban J connectivity index is 0.000000155. The van der Waals surface area contributed by atoms with Crippen LogP contribution >= 0.6 is 34.3 Å². The maximum Gasteiger partial charge on any atom is 0.325 e. The third-order valence-corrected chi connectivity index (χ3v) is 23.1. The number of hydrogen-bond donors (Lipinski definition) is 7. The van der Waals surface area contributed by atoms with Gasteiger partial charge in [0.2, 0.25) is 11.8 Å². The van der Waals surface area contributed by atoms with Crippen LogP contribution in [0.2, 0.25) is 0 Å². The quantitative estimate of drug-likeness (QED) is 0.0481. The van der Waals surface area contributed by atoms with Crippen molar-refractivity contribution in [2.45, 2.75) is 167 Å². The lowest BCUT2D eigenvalue weighted by atomic mass is 9.88. The van der Waals surface area contributed by atoms with Gasteiger partial charge in [-0.25, -0.2) is 9.59 Å². The Kier molecular flexibility index (Phi) is 19.0. The summed E-state index contributed by atoms with van der Waals surface area (Å²) >= 11 is 8.88. The second-order valence-corrected chi connectivity index (χ2v) is 30.0. The minimum Gasteiger partial charge on any atom is -0.346 e. The molecule has 0 unspecified atom stereocenters. The molecule has 8 aromatic rings. The second-order valence-electron chi connectivity index (χ2n) is 27.6. The zero-order valence-corrected chi connectivity index (χ0v) is 56.4. The number of carbonyl (C=O) groups is 2. The highest BCUT2D eigenvalue weighted by Crippen LogP contribution is 2.47. The number of nitrogens with zero attached hydrogens (tertiary/aromatic N) is 5. The number of fused-ring (bicyclic) bond motifs is 6. The van der Waals surface area contributed by atoms with Gasteiger partial charge in [-0.2, -0.15) is 0 Å². The van der Waals surface area contributed by atoms with Gasteiger partial charge in [-0.3, -0.25) is 34.0 Å². The molecule has 6 fully saturated rings. The minimum absolute atomic E-state index is 0.138. The fraction of sp³-hybridized carbons (Fsp3) is 0.514. The van der Waals surface area contributed by atoms with E-state index in [0.717, 1.165) is 114 Å². The van der Waals surface area contributed by atoms with Crippen molar-refractivity contribution in [3.8, 4) is 22.5 Å². The fourth-order valence-electron chi connectivity index (χ4n) is 15.4. The molecule has 4 bridgehead atoms. The third-order valence-electron chi connectivity index (χ3n) is 20.1. The standard InChI is InChI=1S/C35H44N6O3S.C30H40N4OS.C5H5ClN2O2/c1-21-15-22(2)17-23(16-21)31-27(9-10-39-11-13-40(14-12-39)20-24-18-30(42)37-34(44)36-24)28-19-29(45-32(28)38-31)35(3,4)33(43)41-25-5-6-26(41)8-7-25;1-19-15-20(2)17-21(16-19)27-24(9-12-33-13-10-31-11-14-33)25-18-26(36-28(25)32-27)30(3,4)29(35)34-22-5-6-23(34)8-7-22;6-2-3-1-4(9)8-5(10)7-3/h15-19,25-26,38H,5-14,20H2,1-4H3,(H2,36,37,42,44);15-18,22-23,31-32H,5-14H2,1-4H3;1H,2H2,(H2,7,8,9,10). The number of carbonyl (C=O) groups excluding carboxylic acids is 2. The normalized spacial score (nSPS) is 20.4. The monoisotopic (exact) mass is 1290 g/mol. The molecule has 18 nitrogen and oxygen atoms in total. The van der Waals surface area contributed by atoms with Gasteiger partial charge < -0.3 is 44.9 Å². The fourth-order valence-corrected chi connectivity index (χ4v) is 17.9.